The van der Waals surface area contributed by atoms with Crippen LogP contribution < -0.4 is 10.1 Å². The molecule has 2 rings (SSSR count). The predicted molar refractivity (Wildman–Crippen MR) is 88.1 cm³/mol. The van der Waals surface area contributed by atoms with Crippen molar-refractivity contribution in [2.75, 3.05) is 14.2 Å². The minimum absolute atomic E-state index is 0.150. The van der Waals surface area contributed by atoms with Crippen LogP contribution in [0.15, 0.2) is 48.5 Å². The van der Waals surface area contributed by atoms with Gasteiger partial charge >= 0.3 is 6.03 Å². The zero-order valence-corrected chi connectivity index (χ0v) is 13.4. The van der Waals surface area contributed by atoms with Gasteiger partial charge in [0.25, 0.3) is 0 Å². The average molecular weight is 319 g/mol. The summed E-state index contributed by atoms with van der Waals surface area (Å²) < 4.78 is 5.18. The Balaban J connectivity index is 1.90. The van der Waals surface area contributed by atoms with Crippen LogP contribution in [-0.2, 0) is 13.1 Å². The Morgan fingerprint density at radius 1 is 1.23 bits per heavy atom. The quantitative estimate of drug-likeness (QED) is 0.913. The molecule has 0 aliphatic carbocycles. The van der Waals surface area contributed by atoms with Crippen LogP contribution in [0.3, 0.4) is 0 Å². The third-order valence-corrected chi connectivity index (χ3v) is 3.66. The number of rotatable bonds is 5. The van der Waals surface area contributed by atoms with E-state index >= 15 is 0 Å². The van der Waals surface area contributed by atoms with Crippen LogP contribution >= 0.6 is 11.6 Å². The number of nitrogens with zero attached hydrogens (tertiary/aromatic N) is 1. The summed E-state index contributed by atoms with van der Waals surface area (Å²) in [5, 5.41) is 3.51. The highest BCUT2D eigenvalue weighted by atomic mass is 35.5. The molecular weight excluding hydrogens is 300 g/mol. The van der Waals surface area contributed by atoms with E-state index in [1.165, 1.54) is 0 Å². The van der Waals surface area contributed by atoms with Crippen molar-refractivity contribution in [1.29, 1.82) is 0 Å². The summed E-state index contributed by atoms with van der Waals surface area (Å²) in [6.07, 6.45) is 0. The lowest BCUT2D eigenvalue weighted by atomic mass is 10.2. The first-order chi connectivity index (χ1) is 10.6. The van der Waals surface area contributed by atoms with Gasteiger partial charge in [-0.1, -0.05) is 41.9 Å². The number of carbonyl (C=O) groups is 1. The van der Waals surface area contributed by atoms with Crippen molar-refractivity contribution in [3.8, 4) is 5.75 Å². The molecule has 0 aliphatic rings. The van der Waals surface area contributed by atoms with Gasteiger partial charge in [-0.15, -0.1) is 0 Å². The van der Waals surface area contributed by atoms with Gasteiger partial charge in [-0.3, -0.25) is 0 Å². The summed E-state index contributed by atoms with van der Waals surface area (Å²) in [4.78, 5) is 13.7. The molecule has 0 atom stereocenters. The largest absolute Gasteiger partial charge is 0.497 e. The van der Waals surface area contributed by atoms with E-state index in [1.54, 1.807) is 19.1 Å². The molecule has 0 fully saturated rings. The van der Waals surface area contributed by atoms with E-state index < -0.39 is 0 Å². The second-order valence-electron chi connectivity index (χ2n) is 4.96. The fourth-order valence-corrected chi connectivity index (χ4v) is 2.27. The number of methoxy groups -OCH3 is 1. The first kappa shape index (κ1) is 16.2. The number of hydrogen-bond acceptors (Lipinski definition) is 2. The van der Waals surface area contributed by atoms with E-state index in [9.17, 15) is 4.79 Å². The average Bonchev–Trinajstić information content (AvgIpc) is 2.54. The second kappa shape index (κ2) is 7.71. The first-order valence-electron chi connectivity index (χ1n) is 6.95. The highest BCUT2D eigenvalue weighted by Gasteiger charge is 2.10. The maximum atomic E-state index is 12.1. The van der Waals surface area contributed by atoms with Gasteiger partial charge in [0.05, 0.1) is 7.11 Å². The topological polar surface area (TPSA) is 41.6 Å². The molecule has 0 bridgehead atoms. The summed E-state index contributed by atoms with van der Waals surface area (Å²) in [5.74, 6) is 0.780. The van der Waals surface area contributed by atoms with Crippen molar-refractivity contribution in [2.45, 2.75) is 13.1 Å². The van der Waals surface area contributed by atoms with Crippen molar-refractivity contribution in [3.63, 3.8) is 0 Å². The van der Waals surface area contributed by atoms with Gasteiger partial charge < -0.3 is 15.0 Å². The summed E-state index contributed by atoms with van der Waals surface area (Å²) in [6, 6.07) is 15.0. The van der Waals surface area contributed by atoms with Gasteiger partial charge in [0, 0.05) is 25.2 Å². The molecule has 4 nitrogen and oxygen atoms in total. The van der Waals surface area contributed by atoms with Gasteiger partial charge in [0.1, 0.15) is 5.75 Å². The molecule has 0 spiro atoms. The Kier molecular flexibility index (Phi) is 5.67. The molecule has 0 aliphatic heterocycles. The standard InChI is InChI=1S/C17H19ClN2O2/c1-20(12-13-6-5-8-15(10-13)22-2)17(21)19-11-14-7-3-4-9-16(14)18/h3-10H,11-12H2,1-2H3,(H,19,21). The predicted octanol–water partition coefficient (Wildman–Crippen LogP) is 3.69. The Labute approximate surface area is 135 Å². The third-order valence-electron chi connectivity index (χ3n) is 3.29. The van der Waals surface area contributed by atoms with Crippen LogP contribution in [-0.4, -0.2) is 25.1 Å². The van der Waals surface area contributed by atoms with Crippen molar-refractivity contribution in [2.24, 2.45) is 0 Å². The normalized spacial score (nSPS) is 10.1. The Bertz CT molecular complexity index is 646. The summed E-state index contributed by atoms with van der Waals surface area (Å²) >= 11 is 6.07. The van der Waals surface area contributed by atoms with Crippen molar-refractivity contribution < 1.29 is 9.53 Å². The molecule has 0 radical (unpaired) electrons. The lowest BCUT2D eigenvalue weighted by Crippen LogP contribution is -2.36. The van der Waals surface area contributed by atoms with E-state index in [0.29, 0.717) is 18.1 Å². The fourth-order valence-electron chi connectivity index (χ4n) is 2.06. The van der Waals surface area contributed by atoms with Crippen molar-refractivity contribution >= 4 is 17.6 Å². The number of hydrogen-bond donors (Lipinski definition) is 1. The van der Waals surface area contributed by atoms with Gasteiger partial charge in [-0.25, -0.2) is 4.79 Å². The fraction of sp³-hybridized carbons (Fsp3) is 0.235. The van der Waals surface area contributed by atoms with E-state index in [4.69, 9.17) is 16.3 Å². The number of nitrogens with one attached hydrogen (secondary N) is 1. The molecular formula is C17H19ClN2O2. The van der Waals surface area contributed by atoms with Crippen molar-refractivity contribution in [1.82, 2.24) is 10.2 Å². The van der Waals surface area contributed by atoms with Crippen LogP contribution in [0.4, 0.5) is 4.79 Å². The Morgan fingerprint density at radius 2 is 2.00 bits per heavy atom. The minimum Gasteiger partial charge on any atom is -0.497 e. The molecule has 0 heterocycles. The molecule has 2 amide bonds. The molecule has 0 aromatic heterocycles. The number of benzene rings is 2. The molecule has 0 saturated carbocycles. The van der Waals surface area contributed by atoms with Crippen molar-refractivity contribution in [3.05, 3.63) is 64.7 Å². The molecule has 0 saturated heterocycles. The Hall–Kier alpha value is -2.20. The maximum absolute atomic E-state index is 12.1. The zero-order valence-electron chi connectivity index (χ0n) is 12.7. The number of amides is 2. The number of urea groups is 1. The number of ether oxygens (including phenoxy) is 1. The number of carbonyl (C=O) groups excluding carboxylic acids is 1. The summed E-state index contributed by atoms with van der Waals surface area (Å²) in [7, 11) is 3.38. The van der Waals surface area contributed by atoms with Crippen LogP contribution in [0.1, 0.15) is 11.1 Å². The first-order valence-corrected chi connectivity index (χ1v) is 7.33. The van der Waals surface area contributed by atoms with Gasteiger partial charge in [0.15, 0.2) is 0 Å². The van der Waals surface area contributed by atoms with Crippen LogP contribution in [0, 0.1) is 0 Å². The highest BCUT2D eigenvalue weighted by Crippen LogP contribution is 2.15. The minimum atomic E-state index is -0.150. The number of halogens is 1. The monoisotopic (exact) mass is 318 g/mol. The lowest BCUT2D eigenvalue weighted by molar-refractivity contribution is 0.206. The van der Waals surface area contributed by atoms with E-state index in [1.807, 2.05) is 48.5 Å². The molecule has 2 aromatic rings. The molecule has 0 unspecified atom stereocenters. The summed E-state index contributed by atoms with van der Waals surface area (Å²) in [5.41, 5.74) is 1.90. The molecule has 1 N–H and O–H groups in total. The Morgan fingerprint density at radius 3 is 2.73 bits per heavy atom. The van der Waals surface area contributed by atoms with E-state index in [-0.39, 0.29) is 6.03 Å². The third kappa shape index (κ3) is 4.40. The second-order valence-corrected chi connectivity index (χ2v) is 5.36. The molecule has 2 aromatic carbocycles. The van der Waals surface area contributed by atoms with Gasteiger partial charge in [-0.2, -0.15) is 0 Å². The maximum Gasteiger partial charge on any atom is 0.317 e. The van der Waals surface area contributed by atoms with Gasteiger partial charge in [-0.05, 0) is 29.3 Å². The summed E-state index contributed by atoms with van der Waals surface area (Å²) in [6.45, 7) is 0.909. The zero-order chi connectivity index (χ0) is 15.9. The molecule has 5 heteroatoms. The molecule has 116 valence electrons. The highest BCUT2D eigenvalue weighted by molar-refractivity contribution is 6.31. The SMILES string of the molecule is COc1cccc(CN(C)C(=O)NCc2ccccc2Cl)c1. The van der Waals surface area contributed by atoms with E-state index in [0.717, 1.165) is 16.9 Å². The smallest absolute Gasteiger partial charge is 0.317 e. The van der Waals surface area contributed by atoms with Crippen LogP contribution in [0.5, 0.6) is 5.75 Å². The van der Waals surface area contributed by atoms with Gasteiger partial charge in [0.2, 0.25) is 0 Å². The molecule has 22 heavy (non-hydrogen) atoms. The lowest BCUT2D eigenvalue weighted by Gasteiger charge is -2.18. The van der Waals surface area contributed by atoms with Crippen LogP contribution in [0.25, 0.3) is 0 Å². The van der Waals surface area contributed by atoms with E-state index in [2.05, 4.69) is 5.32 Å². The van der Waals surface area contributed by atoms with Crippen LogP contribution in [0.2, 0.25) is 5.02 Å².